The number of nitrogens with zero attached hydrogens (tertiary/aromatic N) is 1. The summed E-state index contributed by atoms with van der Waals surface area (Å²) in [6.45, 7) is 1.10. The summed E-state index contributed by atoms with van der Waals surface area (Å²) < 4.78 is 10.1. The van der Waals surface area contributed by atoms with Crippen LogP contribution in [0.15, 0.2) is 24.5 Å². The Bertz CT molecular complexity index is 323. The fourth-order valence-electron chi connectivity index (χ4n) is 1.32. The Labute approximate surface area is 87.4 Å². The van der Waals surface area contributed by atoms with Gasteiger partial charge in [-0.2, -0.15) is 0 Å². The number of nitrogens with one attached hydrogen (secondary N) is 1. The molecule has 0 bridgehead atoms. The molecule has 2 heterocycles. The molecule has 1 fully saturated rings. The van der Waals surface area contributed by atoms with Crippen LogP contribution in [-0.2, 0) is 14.3 Å². The number of carbonyl (C=O) groups is 1. The van der Waals surface area contributed by atoms with E-state index in [9.17, 15) is 4.79 Å². The molecule has 1 aromatic heterocycles. The normalized spacial score (nSPS) is 17.3. The van der Waals surface area contributed by atoms with Crippen molar-refractivity contribution in [3.8, 4) is 0 Å². The number of carbonyl (C=O) groups excluding carboxylic acids is 1. The molecule has 1 N–H and O–H groups in total. The van der Waals surface area contributed by atoms with E-state index in [1.165, 1.54) is 0 Å². The Kier molecular flexibility index (Phi) is 3.26. The molecule has 5 heteroatoms. The highest BCUT2D eigenvalue weighted by atomic mass is 16.7. The molecule has 0 radical (unpaired) electrons. The highest BCUT2D eigenvalue weighted by Gasteiger charge is 2.22. The topological polar surface area (TPSA) is 60.5 Å². The second-order valence-electron chi connectivity index (χ2n) is 3.28. The van der Waals surface area contributed by atoms with Crippen molar-refractivity contribution in [1.29, 1.82) is 0 Å². The van der Waals surface area contributed by atoms with E-state index in [4.69, 9.17) is 9.47 Å². The SMILES string of the molecule is O=C(Nc1ccncc1)C1COCOC1. The van der Waals surface area contributed by atoms with E-state index in [1.54, 1.807) is 24.5 Å². The number of aromatic nitrogens is 1. The van der Waals surface area contributed by atoms with Crippen LogP contribution in [0.1, 0.15) is 0 Å². The lowest BCUT2D eigenvalue weighted by Crippen LogP contribution is -2.34. The summed E-state index contributed by atoms with van der Waals surface area (Å²) in [7, 11) is 0. The van der Waals surface area contributed by atoms with Gasteiger partial charge in [0, 0.05) is 18.1 Å². The molecular weight excluding hydrogens is 196 g/mol. The zero-order valence-corrected chi connectivity index (χ0v) is 8.18. The number of hydrogen-bond acceptors (Lipinski definition) is 4. The van der Waals surface area contributed by atoms with Crippen molar-refractivity contribution in [2.75, 3.05) is 25.3 Å². The van der Waals surface area contributed by atoms with Crippen LogP contribution in [-0.4, -0.2) is 30.9 Å². The molecule has 5 nitrogen and oxygen atoms in total. The van der Waals surface area contributed by atoms with Crippen molar-refractivity contribution in [3.05, 3.63) is 24.5 Å². The summed E-state index contributed by atoms with van der Waals surface area (Å²) in [5.74, 6) is -0.312. The zero-order valence-electron chi connectivity index (χ0n) is 8.18. The van der Waals surface area contributed by atoms with Gasteiger partial charge in [-0.3, -0.25) is 9.78 Å². The van der Waals surface area contributed by atoms with Crippen LogP contribution in [0.25, 0.3) is 0 Å². The third-order valence-corrected chi connectivity index (χ3v) is 2.12. The van der Waals surface area contributed by atoms with Gasteiger partial charge in [-0.05, 0) is 12.1 Å². The summed E-state index contributed by atoms with van der Waals surface area (Å²) >= 11 is 0. The van der Waals surface area contributed by atoms with Gasteiger partial charge in [0.1, 0.15) is 6.79 Å². The third-order valence-electron chi connectivity index (χ3n) is 2.12. The quantitative estimate of drug-likeness (QED) is 0.774. The second-order valence-corrected chi connectivity index (χ2v) is 3.28. The molecule has 0 aliphatic carbocycles. The number of hydrogen-bond donors (Lipinski definition) is 1. The van der Waals surface area contributed by atoms with Crippen LogP contribution in [0.3, 0.4) is 0 Å². The maximum absolute atomic E-state index is 11.7. The van der Waals surface area contributed by atoms with E-state index >= 15 is 0 Å². The molecule has 1 amide bonds. The van der Waals surface area contributed by atoms with Gasteiger partial charge in [0.15, 0.2) is 0 Å². The van der Waals surface area contributed by atoms with E-state index in [-0.39, 0.29) is 18.6 Å². The maximum atomic E-state index is 11.7. The fraction of sp³-hybridized carbons (Fsp3) is 0.400. The van der Waals surface area contributed by atoms with E-state index in [0.717, 1.165) is 5.69 Å². The largest absolute Gasteiger partial charge is 0.355 e. The molecule has 0 saturated carbocycles. The average Bonchev–Trinajstić information content (AvgIpc) is 2.31. The van der Waals surface area contributed by atoms with Gasteiger partial charge >= 0.3 is 0 Å². The van der Waals surface area contributed by atoms with Gasteiger partial charge < -0.3 is 14.8 Å². The highest BCUT2D eigenvalue weighted by molar-refractivity contribution is 5.92. The minimum atomic E-state index is -0.230. The number of amides is 1. The van der Waals surface area contributed by atoms with Crippen molar-refractivity contribution in [2.45, 2.75) is 0 Å². The predicted octanol–water partition coefficient (Wildman–Crippen LogP) is 0.641. The number of ether oxygens (including phenoxy) is 2. The number of pyridine rings is 1. The Morgan fingerprint density at radius 3 is 2.67 bits per heavy atom. The van der Waals surface area contributed by atoms with Crippen molar-refractivity contribution in [3.63, 3.8) is 0 Å². The van der Waals surface area contributed by atoms with Crippen LogP contribution in [0, 0.1) is 5.92 Å². The predicted molar refractivity (Wildman–Crippen MR) is 53.1 cm³/mol. The first-order chi connectivity index (χ1) is 7.36. The summed E-state index contributed by atoms with van der Waals surface area (Å²) in [4.78, 5) is 15.5. The van der Waals surface area contributed by atoms with Crippen molar-refractivity contribution in [2.24, 2.45) is 5.92 Å². The molecule has 0 atom stereocenters. The molecule has 1 aliphatic heterocycles. The fourth-order valence-corrected chi connectivity index (χ4v) is 1.32. The number of rotatable bonds is 2. The Hall–Kier alpha value is -1.46. The molecular formula is C10H12N2O3. The average molecular weight is 208 g/mol. The summed E-state index contributed by atoms with van der Waals surface area (Å²) in [6.07, 6.45) is 3.26. The first kappa shape index (κ1) is 10.1. The smallest absolute Gasteiger partial charge is 0.232 e. The van der Waals surface area contributed by atoms with Crippen molar-refractivity contribution in [1.82, 2.24) is 4.98 Å². The molecule has 80 valence electrons. The van der Waals surface area contributed by atoms with Gasteiger partial charge in [0.25, 0.3) is 0 Å². The zero-order chi connectivity index (χ0) is 10.5. The first-order valence-corrected chi connectivity index (χ1v) is 4.72. The van der Waals surface area contributed by atoms with E-state index in [0.29, 0.717) is 13.2 Å². The van der Waals surface area contributed by atoms with Crippen molar-refractivity contribution >= 4 is 11.6 Å². The van der Waals surface area contributed by atoms with Gasteiger partial charge in [0.2, 0.25) is 5.91 Å². The summed E-state index contributed by atoms with van der Waals surface area (Å²) in [5.41, 5.74) is 0.737. The molecule has 0 unspecified atom stereocenters. The van der Waals surface area contributed by atoms with E-state index < -0.39 is 0 Å². The Balaban J connectivity index is 1.91. The van der Waals surface area contributed by atoms with Crippen LogP contribution in [0.2, 0.25) is 0 Å². The lowest BCUT2D eigenvalue weighted by molar-refractivity contribution is -0.147. The first-order valence-electron chi connectivity index (χ1n) is 4.72. The van der Waals surface area contributed by atoms with Crippen molar-refractivity contribution < 1.29 is 14.3 Å². The lowest BCUT2D eigenvalue weighted by atomic mass is 10.1. The highest BCUT2D eigenvalue weighted by Crippen LogP contribution is 2.10. The van der Waals surface area contributed by atoms with E-state index in [2.05, 4.69) is 10.3 Å². The van der Waals surface area contributed by atoms with E-state index in [1.807, 2.05) is 0 Å². The second kappa shape index (κ2) is 4.86. The van der Waals surface area contributed by atoms with Crippen LogP contribution >= 0.6 is 0 Å². The van der Waals surface area contributed by atoms with Gasteiger partial charge in [0.05, 0.1) is 19.1 Å². The monoisotopic (exact) mass is 208 g/mol. The minimum absolute atomic E-state index is 0.0825. The molecule has 2 rings (SSSR count). The third kappa shape index (κ3) is 2.74. The maximum Gasteiger partial charge on any atom is 0.232 e. The van der Waals surface area contributed by atoms with Gasteiger partial charge in [-0.1, -0.05) is 0 Å². The molecule has 0 aromatic carbocycles. The standard InChI is InChI=1S/C10H12N2O3/c13-10(8-5-14-7-15-6-8)12-9-1-3-11-4-2-9/h1-4,8H,5-7H2,(H,11,12,13). The number of anilines is 1. The van der Waals surface area contributed by atoms with Crippen LogP contribution in [0.5, 0.6) is 0 Å². The summed E-state index contributed by atoms with van der Waals surface area (Å²) in [6, 6.07) is 3.48. The van der Waals surface area contributed by atoms with Crippen LogP contribution in [0.4, 0.5) is 5.69 Å². The molecule has 1 saturated heterocycles. The molecule has 0 spiro atoms. The Morgan fingerprint density at radius 1 is 1.33 bits per heavy atom. The summed E-state index contributed by atoms with van der Waals surface area (Å²) in [5, 5.41) is 2.77. The molecule has 1 aliphatic rings. The molecule has 1 aromatic rings. The minimum Gasteiger partial charge on any atom is -0.355 e. The van der Waals surface area contributed by atoms with Gasteiger partial charge in [-0.25, -0.2) is 0 Å². The lowest BCUT2D eigenvalue weighted by Gasteiger charge is -2.21. The molecule has 15 heavy (non-hydrogen) atoms. The Morgan fingerprint density at radius 2 is 2.00 bits per heavy atom. The van der Waals surface area contributed by atoms with Crippen LogP contribution < -0.4 is 5.32 Å². The van der Waals surface area contributed by atoms with Gasteiger partial charge in [-0.15, -0.1) is 0 Å².